The molecule has 1 aliphatic heterocycles. The molecule has 0 spiro atoms. The van der Waals surface area contributed by atoms with E-state index >= 15 is 0 Å². The number of carbonyl (C=O) groups is 2. The molecule has 1 unspecified atom stereocenters. The number of allylic oxidation sites excluding steroid dienone is 1. The molecular formula is C39H66N4O3. The Hall–Kier alpha value is -3.32. The minimum atomic E-state index is -0.504. The van der Waals surface area contributed by atoms with E-state index in [9.17, 15) is 9.59 Å². The number of amides is 2. The van der Waals surface area contributed by atoms with Crippen molar-refractivity contribution in [3.8, 4) is 5.75 Å². The molecule has 2 aromatic rings. The molecule has 0 aliphatic carbocycles. The number of benzene rings is 2. The first-order valence-electron chi connectivity index (χ1n) is 17.6. The van der Waals surface area contributed by atoms with Crippen LogP contribution in [0.2, 0.25) is 0 Å². The highest BCUT2D eigenvalue weighted by Gasteiger charge is 2.19. The Balaban J connectivity index is 0.000000984. The number of hydrogen-bond acceptors (Lipinski definition) is 5. The van der Waals surface area contributed by atoms with Gasteiger partial charge in [0.1, 0.15) is 18.4 Å². The predicted molar refractivity (Wildman–Crippen MR) is 197 cm³/mol. The second-order valence-electron chi connectivity index (χ2n) is 11.4. The highest BCUT2D eigenvalue weighted by atomic mass is 16.5. The molecule has 0 saturated carbocycles. The molecule has 1 atom stereocenters. The Morgan fingerprint density at radius 1 is 0.891 bits per heavy atom. The summed E-state index contributed by atoms with van der Waals surface area (Å²) in [5, 5.41) is 12.3. The van der Waals surface area contributed by atoms with E-state index in [1.165, 1.54) is 36.0 Å². The minimum Gasteiger partial charge on any atom is -0.492 e. The van der Waals surface area contributed by atoms with Gasteiger partial charge < -0.3 is 26.0 Å². The number of nitrogens with one attached hydrogen (secondary N) is 4. The van der Waals surface area contributed by atoms with Crippen molar-refractivity contribution in [1.29, 1.82) is 0 Å². The van der Waals surface area contributed by atoms with Crippen LogP contribution in [0.25, 0.3) is 0 Å². The van der Waals surface area contributed by atoms with E-state index in [-0.39, 0.29) is 18.4 Å². The Morgan fingerprint density at radius 3 is 2.15 bits per heavy atom. The van der Waals surface area contributed by atoms with Gasteiger partial charge in [-0.15, -0.1) is 0 Å². The maximum absolute atomic E-state index is 12.5. The monoisotopic (exact) mass is 639 g/mol. The molecule has 1 aliphatic rings. The highest BCUT2D eigenvalue weighted by Crippen LogP contribution is 2.19. The van der Waals surface area contributed by atoms with E-state index in [0.717, 1.165) is 36.3 Å². The maximum atomic E-state index is 12.5. The summed E-state index contributed by atoms with van der Waals surface area (Å²) in [7, 11) is 0. The lowest BCUT2D eigenvalue weighted by Crippen LogP contribution is -2.49. The van der Waals surface area contributed by atoms with E-state index in [0.29, 0.717) is 32.7 Å². The first kappa shape index (κ1) is 42.7. The third kappa shape index (κ3) is 18.0. The lowest BCUT2D eigenvalue weighted by atomic mass is 9.97. The van der Waals surface area contributed by atoms with Gasteiger partial charge in [-0.05, 0) is 81.7 Å². The molecule has 0 radical (unpaired) electrons. The van der Waals surface area contributed by atoms with Crippen LogP contribution in [0, 0.1) is 20.8 Å². The number of fused-ring (bicyclic) bond motifs is 1. The lowest BCUT2D eigenvalue weighted by Gasteiger charge is -2.19. The third-order valence-electron chi connectivity index (χ3n) is 7.14. The number of rotatable bonds is 4. The van der Waals surface area contributed by atoms with Crippen LogP contribution in [0.5, 0.6) is 5.75 Å². The maximum Gasteiger partial charge on any atom is 0.242 e. The van der Waals surface area contributed by atoms with Crippen LogP contribution in [0.1, 0.15) is 108 Å². The molecule has 0 fully saturated rings. The first-order chi connectivity index (χ1) is 22.2. The molecule has 260 valence electrons. The molecule has 0 bridgehead atoms. The van der Waals surface area contributed by atoms with Gasteiger partial charge in [0.2, 0.25) is 11.8 Å². The quantitative estimate of drug-likeness (QED) is 0.278. The molecule has 46 heavy (non-hydrogen) atoms. The molecule has 4 N–H and O–H groups in total. The van der Waals surface area contributed by atoms with Crippen molar-refractivity contribution in [1.82, 2.24) is 21.3 Å². The van der Waals surface area contributed by atoms with Crippen molar-refractivity contribution >= 4 is 11.8 Å². The summed E-state index contributed by atoms with van der Waals surface area (Å²) in [4.78, 5) is 24.8. The van der Waals surface area contributed by atoms with Crippen molar-refractivity contribution in [2.75, 3.05) is 32.8 Å². The first-order valence-corrected chi connectivity index (χ1v) is 17.6. The molecule has 3 rings (SSSR count). The second-order valence-corrected chi connectivity index (χ2v) is 11.4. The number of para-hydroxylation sites is 1. The number of carbonyl (C=O) groups excluding carboxylic acids is 2. The summed E-state index contributed by atoms with van der Waals surface area (Å²) >= 11 is 0. The average Bonchev–Trinajstić information content (AvgIpc) is 3.04. The Morgan fingerprint density at radius 2 is 1.54 bits per heavy atom. The Labute approximate surface area is 281 Å². The van der Waals surface area contributed by atoms with E-state index in [1.54, 1.807) is 5.56 Å². The lowest BCUT2D eigenvalue weighted by molar-refractivity contribution is -0.128. The van der Waals surface area contributed by atoms with Gasteiger partial charge in [-0.2, -0.15) is 0 Å². The van der Waals surface area contributed by atoms with Crippen LogP contribution >= 0.6 is 0 Å². The zero-order valence-electron chi connectivity index (χ0n) is 30.8. The predicted octanol–water partition coefficient (Wildman–Crippen LogP) is 7.50. The van der Waals surface area contributed by atoms with Gasteiger partial charge in [0.05, 0.1) is 6.54 Å². The standard InChI is InChI=1S/C22H34N4O3.C12H18.C3H8.C2H6/c1-3-8-19-22(28)24-12-7-10-17-9-5-6-11-20(17)29-14-13-23-15-18(4-2)25-16-21(27)26-19;1-5-6-12-10(3)7-9(2)8-11(12)4;1-3-2;1-2/h4-6,9,11,19,23,25H,3,7-8,10,12-16H2,1-2H3,(H,24,28)(H,26,27);7-8H,5-6H2,1-4H3;3H2,1-2H3;1-2H3. The zero-order valence-corrected chi connectivity index (χ0v) is 30.8. The molecule has 0 aromatic heterocycles. The van der Waals surface area contributed by atoms with Gasteiger partial charge >= 0.3 is 0 Å². The van der Waals surface area contributed by atoms with Crippen LogP contribution in [-0.2, 0) is 22.4 Å². The molecule has 0 saturated heterocycles. The summed E-state index contributed by atoms with van der Waals surface area (Å²) in [6.45, 7) is 23.6. The molecule has 2 amide bonds. The average molecular weight is 639 g/mol. The van der Waals surface area contributed by atoms with Crippen molar-refractivity contribution in [3.63, 3.8) is 0 Å². The van der Waals surface area contributed by atoms with E-state index in [2.05, 4.69) is 81.0 Å². The van der Waals surface area contributed by atoms with Crippen LogP contribution < -0.4 is 26.0 Å². The van der Waals surface area contributed by atoms with Gasteiger partial charge in [0.15, 0.2) is 0 Å². The minimum absolute atomic E-state index is 0.126. The van der Waals surface area contributed by atoms with E-state index in [4.69, 9.17) is 4.74 Å². The number of aryl methyl sites for hydroxylation is 4. The van der Waals surface area contributed by atoms with Crippen LogP contribution in [0.4, 0.5) is 0 Å². The second kappa shape index (κ2) is 26.9. The van der Waals surface area contributed by atoms with Crippen molar-refractivity contribution < 1.29 is 14.3 Å². The highest BCUT2D eigenvalue weighted by molar-refractivity contribution is 5.88. The molecule has 1 heterocycles. The Kier molecular flexibility index (Phi) is 24.9. The third-order valence-corrected chi connectivity index (χ3v) is 7.14. The van der Waals surface area contributed by atoms with Gasteiger partial charge in [0.25, 0.3) is 0 Å². The fourth-order valence-corrected chi connectivity index (χ4v) is 5.04. The summed E-state index contributed by atoms with van der Waals surface area (Å²) < 4.78 is 5.94. The van der Waals surface area contributed by atoms with Crippen molar-refractivity contribution in [3.05, 3.63) is 76.0 Å². The summed E-state index contributed by atoms with van der Waals surface area (Å²) in [5.41, 5.74) is 7.90. The fraction of sp³-hybridized carbons (Fsp3) is 0.590. The van der Waals surface area contributed by atoms with Crippen LogP contribution in [-0.4, -0.2) is 50.6 Å². The van der Waals surface area contributed by atoms with Gasteiger partial charge in [0, 0.05) is 25.3 Å². The van der Waals surface area contributed by atoms with Gasteiger partial charge in [-0.1, -0.05) is 103 Å². The number of ether oxygens (including phenoxy) is 1. The largest absolute Gasteiger partial charge is 0.492 e. The van der Waals surface area contributed by atoms with Gasteiger partial charge in [-0.25, -0.2) is 0 Å². The van der Waals surface area contributed by atoms with E-state index < -0.39 is 6.04 Å². The zero-order chi connectivity index (χ0) is 34.7. The smallest absolute Gasteiger partial charge is 0.242 e. The number of hydrogen-bond donors (Lipinski definition) is 4. The molecule has 7 heteroatoms. The molecular weight excluding hydrogens is 572 g/mol. The summed E-state index contributed by atoms with van der Waals surface area (Å²) in [6, 6.07) is 12.1. The normalized spacial score (nSPS) is 16.8. The Bertz CT molecular complexity index is 1120. The topological polar surface area (TPSA) is 91.5 Å². The van der Waals surface area contributed by atoms with Crippen molar-refractivity contribution in [2.24, 2.45) is 0 Å². The van der Waals surface area contributed by atoms with E-state index in [1.807, 2.05) is 52.0 Å². The summed E-state index contributed by atoms with van der Waals surface area (Å²) in [5.74, 6) is 0.581. The van der Waals surface area contributed by atoms with Crippen molar-refractivity contribution in [2.45, 2.75) is 120 Å². The fourth-order valence-electron chi connectivity index (χ4n) is 5.04. The molecule has 7 nitrogen and oxygen atoms in total. The van der Waals surface area contributed by atoms with Crippen LogP contribution in [0.15, 0.2) is 48.2 Å². The van der Waals surface area contributed by atoms with Crippen LogP contribution in [0.3, 0.4) is 0 Å². The molecule has 2 aromatic carbocycles. The summed E-state index contributed by atoms with van der Waals surface area (Å²) in [6.07, 6.45) is 8.71. The SMILES string of the molecule is CC.CC=C1CNCCOc2ccccc2CCCNC(=O)C(CCC)NC(=O)CN1.CCC.CCCc1c(C)cc(C)cc1C. The van der Waals surface area contributed by atoms with Gasteiger partial charge in [-0.3, -0.25) is 9.59 Å².